The lowest BCUT2D eigenvalue weighted by molar-refractivity contribution is -0.253. The molecule has 0 aliphatic rings. The highest BCUT2D eigenvalue weighted by Gasteiger charge is 2.51. The zero-order valence-electron chi connectivity index (χ0n) is 11.0. The van der Waals surface area contributed by atoms with Crippen LogP contribution >= 0.6 is 11.6 Å². The first-order valence-electron chi connectivity index (χ1n) is 5.87. The van der Waals surface area contributed by atoms with Crippen molar-refractivity contribution in [3.63, 3.8) is 0 Å². The van der Waals surface area contributed by atoms with E-state index in [9.17, 15) is 23.1 Å². The minimum absolute atomic E-state index is 0.405. The van der Waals surface area contributed by atoms with Crippen molar-refractivity contribution >= 4 is 17.5 Å². The standard InChI is InChI=1S/C13H15ClF3NO2/c1-8(9-5-3-4-6-10(9)14)18-11(19)7-12(2,20)13(15,16)17/h3-6,8,20H,7H2,1-2H3,(H,18,19)/t8-,12+/m0/s1. The quantitative estimate of drug-likeness (QED) is 0.897. The van der Waals surface area contributed by atoms with E-state index in [2.05, 4.69) is 5.32 Å². The Morgan fingerprint density at radius 3 is 2.45 bits per heavy atom. The Morgan fingerprint density at radius 1 is 1.40 bits per heavy atom. The van der Waals surface area contributed by atoms with Crippen LogP contribution in [0.15, 0.2) is 24.3 Å². The van der Waals surface area contributed by atoms with Crippen LogP contribution in [-0.4, -0.2) is 22.8 Å². The second-order valence-electron chi connectivity index (χ2n) is 4.76. The van der Waals surface area contributed by atoms with E-state index in [-0.39, 0.29) is 0 Å². The lowest BCUT2D eigenvalue weighted by atomic mass is 10.0. The number of benzene rings is 1. The van der Waals surface area contributed by atoms with Crippen molar-refractivity contribution in [2.75, 3.05) is 0 Å². The third-order valence-electron chi connectivity index (χ3n) is 2.86. The Balaban J connectivity index is 2.71. The lowest BCUT2D eigenvalue weighted by Gasteiger charge is -2.26. The van der Waals surface area contributed by atoms with Gasteiger partial charge in [0.05, 0.1) is 12.5 Å². The van der Waals surface area contributed by atoms with Gasteiger partial charge >= 0.3 is 6.18 Å². The molecule has 0 radical (unpaired) electrons. The number of nitrogens with one attached hydrogen (secondary N) is 1. The van der Waals surface area contributed by atoms with Crippen molar-refractivity contribution in [3.8, 4) is 0 Å². The van der Waals surface area contributed by atoms with Crippen molar-refractivity contribution in [3.05, 3.63) is 34.9 Å². The Hall–Kier alpha value is -1.27. The molecule has 1 aromatic rings. The van der Waals surface area contributed by atoms with Gasteiger partial charge in [0.2, 0.25) is 5.91 Å². The number of hydrogen-bond donors (Lipinski definition) is 2. The second-order valence-corrected chi connectivity index (χ2v) is 5.17. The highest BCUT2D eigenvalue weighted by molar-refractivity contribution is 6.31. The number of aliphatic hydroxyl groups is 1. The van der Waals surface area contributed by atoms with Gasteiger partial charge in [-0.3, -0.25) is 4.79 Å². The number of amides is 1. The minimum atomic E-state index is -4.86. The summed E-state index contributed by atoms with van der Waals surface area (Å²) in [6.45, 7) is 2.16. The molecule has 0 aliphatic heterocycles. The van der Waals surface area contributed by atoms with Crippen LogP contribution in [0.25, 0.3) is 0 Å². The Labute approximate surface area is 119 Å². The summed E-state index contributed by atoms with van der Waals surface area (Å²) in [5.41, 5.74) is -2.47. The molecule has 1 rings (SSSR count). The van der Waals surface area contributed by atoms with Crippen LogP contribution in [0.2, 0.25) is 5.02 Å². The molecule has 2 N–H and O–H groups in total. The van der Waals surface area contributed by atoms with Crippen LogP contribution in [0.3, 0.4) is 0 Å². The maximum absolute atomic E-state index is 12.5. The molecule has 1 amide bonds. The van der Waals surface area contributed by atoms with Crippen LogP contribution in [0.5, 0.6) is 0 Å². The van der Waals surface area contributed by atoms with Crippen LogP contribution in [0.4, 0.5) is 13.2 Å². The number of carbonyl (C=O) groups is 1. The molecule has 2 atom stereocenters. The summed E-state index contributed by atoms with van der Waals surface area (Å²) < 4.78 is 37.4. The number of rotatable bonds is 4. The second kappa shape index (κ2) is 6.01. The Morgan fingerprint density at radius 2 is 1.95 bits per heavy atom. The van der Waals surface area contributed by atoms with Gasteiger partial charge in [-0.25, -0.2) is 0 Å². The average molecular weight is 310 g/mol. The van der Waals surface area contributed by atoms with Crippen molar-refractivity contribution in [2.24, 2.45) is 0 Å². The monoisotopic (exact) mass is 309 g/mol. The highest BCUT2D eigenvalue weighted by Crippen LogP contribution is 2.32. The first-order chi connectivity index (χ1) is 9.04. The number of hydrogen-bond acceptors (Lipinski definition) is 2. The summed E-state index contributed by atoms with van der Waals surface area (Å²) in [4.78, 5) is 11.6. The van der Waals surface area contributed by atoms with Gasteiger partial charge in [-0.15, -0.1) is 0 Å². The maximum Gasteiger partial charge on any atom is 0.417 e. The van der Waals surface area contributed by atoms with Crippen molar-refractivity contribution in [1.29, 1.82) is 0 Å². The number of alkyl halides is 3. The van der Waals surface area contributed by atoms with Crippen LogP contribution < -0.4 is 5.32 Å². The van der Waals surface area contributed by atoms with E-state index in [1.54, 1.807) is 31.2 Å². The van der Waals surface area contributed by atoms with Gasteiger partial charge < -0.3 is 10.4 Å². The largest absolute Gasteiger partial charge is 0.417 e. The van der Waals surface area contributed by atoms with Gasteiger partial charge in [0.15, 0.2) is 5.60 Å². The van der Waals surface area contributed by atoms with Gasteiger partial charge in [-0.1, -0.05) is 29.8 Å². The van der Waals surface area contributed by atoms with Crippen LogP contribution in [-0.2, 0) is 4.79 Å². The molecule has 0 saturated carbocycles. The van der Waals surface area contributed by atoms with Crippen molar-refractivity contribution in [2.45, 2.75) is 38.1 Å². The topological polar surface area (TPSA) is 49.3 Å². The van der Waals surface area contributed by atoms with Gasteiger partial charge in [0, 0.05) is 5.02 Å². The fraction of sp³-hybridized carbons (Fsp3) is 0.462. The van der Waals surface area contributed by atoms with E-state index in [1.165, 1.54) is 0 Å². The molecule has 0 fully saturated rings. The number of halogens is 4. The molecule has 112 valence electrons. The smallest absolute Gasteiger partial charge is 0.380 e. The molecule has 0 bridgehead atoms. The first-order valence-corrected chi connectivity index (χ1v) is 6.25. The van der Waals surface area contributed by atoms with E-state index in [0.29, 0.717) is 17.5 Å². The molecule has 0 saturated heterocycles. The predicted molar refractivity (Wildman–Crippen MR) is 69.3 cm³/mol. The van der Waals surface area contributed by atoms with E-state index in [4.69, 9.17) is 11.6 Å². The molecule has 7 heteroatoms. The molecule has 0 aliphatic carbocycles. The summed E-state index contributed by atoms with van der Waals surface area (Å²) in [5, 5.41) is 12.0. The molecule has 3 nitrogen and oxygen atoms in total. The van der Waals surface area contributed by atoms with Gasteiger partial charge in [-0.2, -0.15) is 13.2 Å². The van der Waals surface area contributed by atoms with E-state index in [0.717, 1.165) is 0 Å². The predicted octanol–water partition coefficient (Wildman–Crippen LogP) is 3.22. The third-order valence-corrected chi connectivity index (χ3v) is 3.21. The molecule has 0 aromatic heterocycles. The number of carbonyl (C=O) groups excluding carboxylic acids is 1. The fourth-order valence-electron chi connectivity index (χ4n) is 1.61. The summed E-state index contributed by atoms with van der Waals surface area (Å²) in [6, 6.07) is 6.13. The Bertz CT molecular complexity index is 489. The van der Waals surface area contributed by atoms with E-state index >= 15 is 0 Å². The maximum atomic E-state index is 12.5. The van der Waals surface area contributed by atoms with Crippen molar-refractivity contribution in [1.82, 2.24) is 5.32 Å². The fourth-order valence-corrected chi connectivity index (χ4v) is 1.91. The molecule has 0 spiro atoms. The van der Waals surface area contributed by atoms with Crippen LogP contribution in [0.1, 0.15) is 31.9 Å². The zero-order chi connectivity index (χ0) is 15.6. The Kier molecular flexibility index (Phi) is 5.05. The molecule has 1 aromatic carbocycles. The van der Waals surface area contributed by atoms with E-state index in [1.807, 2.05) is 0 Å². The molecule has 20 heavy (non-hydrogen) atoms. The van der Waals surface area contributed by atoms with Crippen molar-refractivity contribution < 1.29 is 23.1 Å². The van der Waals surface area contributed by atoms with E-state index < -0.39 is 30.1 Å². The third kappa shape index (κ3) is 4.11. The normalized spacial score (nSPS) is 16.4. The SMILES string of the molecule is C[C@H](NC(=O)C[C@@](C)(O)C(F)(F)F)c1ccccc1Cl. The average Bonchev–Trinajstić information content (AvgIpc) is 2.26. The molecule has 0 unspecified atom stereocenters. The molecular weight excluding hydrogens is 295 g/mol. The molecular formula is C13H15ClF3NO2. The van der Waals surface area contributed by atoms with Crippen LogP contribution in [0, 0.1) is 0 Å². The summed E-state index contributed by atoms with van der Waals surface area (Å²) in [5.74, 6) is -0.903. The summed E-state index contributed by atoms with van der Waals surface area (Å²) in [6.07, 6.45) is -5.93. The minimum Gasteiger partial charge on any atom is -0.380 e. The zero-order valence-corrected chi connectivity index (χ0v) is 11.7. The highest BCUT2D eigenvalue weighted by atomic mass is 35.5. The molecule has 0 heterocycles. The summed E-state index contributed by atoms with van der Waals surface area (Å²) in [7, 11) is 0. The van der Waals surface area contributed by atoms with Gasteiger partial charge in [0.1, 0.15) is 0 Å². The first kappa shape index (κ1) is 16.8. The lowest BCUT2D eigenvalue weighted by Crippen LogP contribution is -2.46. The van der Waals surface area contributed by atoms with Gasteiger partial charge in [0.25, 0.3) is 0 Å². The summed E-state index contributed by atoms with van der Waals surface area (Å²) >= 11 is 5.93. The van der Waals surface area contributed by atoms with Gasteiger partial charge in [-0.05, 0) is 25.5 Å².